The van der Waals surface area contributed by atoms with Crippen molar-refractivity contribution < 1.29 is 8.42 Å². The van der Waals surface area contributed by atoms with E-state index in [1.54, 1.807) is 6.07 Å². The number of hydrogen-bond acceptors (Lipinski definition) is 3. The van der Waals surface area contributed by atoms with Gasteiger partial charge in [0.1, 0.15) is 4.21 Å². The predicted molar refractivity (Wildman–Crippen MR) is 71.3 cm³/mol. The minimum Gasteiger partial charge on any atom is -0.210 e. The molecular weight excluding hydrogens is 278 g/mol. The van der Waals surface area contributed by atoms with Crippen molar-refractivity contribution in [3.8, 4) is 0 Å². The SMILES string of the molecule is CCc1ccc(S(=O)(=O)NCC2CC(Cl)C2)s1. The number of hydrogen-bond donors (Lipinski definition) is 1. The minimum absolute atomic E-state index is 0.234. The van der Waals surface area contributed by atoms with E-state index in [1.165, 1.54) is 11.3 Å². The van der Waals surface area contributed by atoms with Gasteiger partial charge in [0.25, 0.3) is 0 Å². The predicted octanol–water partition coefficient (Wildman–Crippen LogP) is 2.61. The summed E-state index contributed by atoms with van der Waals surface area (Å²) in [6.07, 6.45) is 2.69. The van der Waals surface area contributed by atoms with E-state index in [0.29, 0.717) is 16.7 Å². The van der Waals surface area contributed by atoms with Crippen LogP contribution in [0.15, 0.2) is 16.3 Å². The van der Waals surface area contributed by atoms with E-state index in [1.807, 2.05) is 13.0 Å². The Morgan fingerprint density at radius 3 is 2.71 bits per heavy atom. The third kappa shape index (κ3) is 3.22. The number of aryl methyl sites for hydroxylation is 1. The summed E-state index contributed by atoms with van der Waals surface area (Å²) in [5.41, 5.74) is 0. The van der Waals surface area contributed by atoms with Gasteiger partial charge < -0.3 is 0 Å². The molecule has 1 saturated carbocycles. The van der Waals surface area contributed by atoms with Crippen LogP contribution in [0.5, 0.6) is 0 Å². The summed E-state index contributed by atoms with van der Waals surface area (Å²) in [6, 6.07) is 3.55. The van der Waals surface area contributed by atoms with Crippen LogP contribution < -0.4 is 4.72 Å². The molecule has 0 unspecified atom stereocenters. The summed E-state index contributed by atoms with van der Waals surface area (Å²) in [7, 11) is -3.31. The van der Waals surface area contributed by atoms with Crippen molar-refractivity contribution in [1.29, 1.82) is 0 Å². The molecule has 1 aromatic heterocycles. The lowest BCUT2D eigenvalue weighted by atomic mass is 9.85. The van der Waals surface area contributed by atoms with Crippen LogP contribution in [0.1, 0.15) is 24.6 Å². The average Bonchev–Trinajstić information content (AvgIpc) is 2.72. The van der Waals surface area contributed by atoms with Crippen molar-refractivity contribution in [2.45, 2.75) is 35.8 Å². The van der Waals surface area contributed by atoms with Crippen molar-refractivity contribution >= 4 is 33.0 Å². The topological polar surface area (TPSA) is 46.2 Å². The third-order valence-electron chi connectivity index (χ3n) is 2.99. The number of rotatable bonds is 5. The lowest BCUT2D eigenvalue weighted by Crippen LogP contribution is -2.36. The maximum Gasteiger partial charge on any atom is 0.250 e. The van der Waals surface area contributed by atoms with Crippen LogP contribution in [0, 0.1) is 5.92 Å². The van der Waals surface area contributed by atoms with Crippen molar-refractivity contribution in [1.82, 2.24) is 4.72 Å². The largest absolute Gasteiger partial charge is 0.250 e. The fourth-order valence-corrected chi connectivity index (χ4v) is 4.77. The zero-order valence-corrected chi connectivity index (χ0v) is 12.0. The van der Waals surface area contributed by atoms with Gasteiger partial charge in [-0.05, 0) is 37.3 Å². The highest BCUT2D eigenvalue weighted by Crippen LogP contribution is 2.31. The van der Waals surface area contributed by atoms with Crippen molar-refractivity contribution in [2.24, 2.45) is 5.92 Å². The van der Waals surface area contributed by atoms with Gasteiger partial charge in [-0.25, -0.2) is 13.1 Å². The Balaban J connectivity index is 1.94. The fourth-order valence-electron chi connectivity index (χ4n) is 1.81. The van der Waals surface area contributed by atoms with E-state index in [9.17, 15) is 8.42 Å². The first-order valence-electron chi connectivity index (χ1n) is 5.73. The molecule has 1 N–H and O–H groups in total. The second kappa shape index (κ2) is 5.26. The molecule has 0 radical (unpaired) electrons. The van der Waals surface area contributed by atoms with Crippen molar-refractivity contribution in [2.75, 3.05) is 6.54 Å². The molecule has 96 valence electrons. The normalized spacial score (nSPS) is 24.6. The van der Waals surface area contributed by atoms with Crippen LogP contribution in [-0.4, -0.2) is 20.3 Å². The van der Waals surface area contributed by atoms with Crippen LogP contribution in [-0.2, 0) is 16.4 Å². The quantitative estimate of drug-likeness (QED) is 0.848. The molecule has 6 heteroatoms. The van der Waals surface area contributed by atoms with E-state index < -0.39 is 10.0 Å². The summed E-state index contributed by atoms with van der Waals surface area (Å²) in [5, 5.41) is 0.234. The van der Waals surface area contributed by atoms with Gasteiger partial charge in [-0.15, -0.1) is 22.9 Å². The second-order valence-electron chi connectivity index (χ2n) is 4.36. The molecule has 1 fully saturated rings. The van der Waals surface area contributed by atoms with Gasteiger partial charge in [0.2, 0.25) is 10.0 Å². The number of thiophene rings is 1. The number of sulfonamides is 1. The van der Waals surface area contributed by atoms with E-state index in [0.717, 1.165) is 24.1 Å². The summed E-state index contributed by atoms with van der Waals surface area (Å²) in [4.78, 5) is 1.09. The number of halogens is 1. The molecule has 0 amide bonds. The Hall–Kier alpha value is -0.100. The Labute approximate surface area is 111 Å². The highest BCUT2D eigenvalue weighted by atomic mass is 35.5. The van der Waals surface area contributed by atoms with Crippen molar-refractivity contribution in [3.05, 3.63) is 17.0 Å². The Morgan fingerprint density at radius 2 is 2.18 bits per heavy atom. The van der Waals surface area contributed by atoms with Crippen LogP contribution in [0.25, 0.3) is 0 Å². The Bertz CT molecular complexity index is 477. The molecular formula is C11H16ClNO2S2. The zero-order valence-electron chi connectivity index (χ0n) is 9.65. The van der Waals surface area contributed by atoms with Crippen LogP contribution in [0.3, 0.4) is 0 Å². The molecule has 1 heterocycles. The monoisotopic (exact) mass is 293 g/mol. The van der Waals surface area contributed by atoms with Gasteiger partial charge in [0.05, 0.1) is 0 Å². The highest BCUT2D eigenvalue weighted by molar-refractivity contribution is 7.91. The van der Waals surface area contributed by atoms with Crippen LogP contribution in [0.4, 0.5) is 0 Å². The summed E-state index contributed by atoms with van der Waals surface area (Å²) < 4.78 is 27.0. The van der Waals surface area contributed by atoms with Gasteiger partial charge >= 0.3 is 0 Å². The molecule has 0 spiro atoms. The van der Waals surface area contributed by atoms with Crippen molar-refractivity contribution in [3.63, 3.8) is 0 Å². The Morgan fingerprint density at radius 1 is 1.47 bits per heavy atom. The highest BCUT2D eigenvalue weighted by Gasteiger charge is 2.28. The molecule has 1 aliphatic carbocycles. The van der Waals surface area contributed by atoms with Gasteiger partial charge in [-0.2, -0.15) is 0 Å². The smallest absolute Gasteiger partial charge is 0.210 e. The average molecular weight is 294 g/mol. The van der Waals surface area contributed by atoms with Crippen LogP contribution in [0.2, 0.25) is 0 Å². The summed E-state index contributed by atoms with van der Waals surface area (Å²) in [5.74, 6) is 0.401. The molecule has 0 aromatic carbocycles. The summed E-state index contributed by atoms with van der Waals surface area (Å²) in [6.45, 7) is 2.52. The first kappa shape index (κ1) is 13.3. The molecule has 0 bridgehead atoms. The maximum absolute atomic E-state index is 12.0. The van der Waals surface area contributed by atoms with E-state index in [4.69, 9.17) is 11.6 Å². The van der Waals surface area contributed by atoms with Gasteiger partial charge in [0, 0.05) is 16.8 Å². The number of alkyl halides is 1. The number of nitrogens with one attached hydrogen (secondary N) is 1. The molecule has 2 rings (SSSR count). The molecule has 17 heavy (non-hydrogen) atoms. The van der Waals surface area contributed by atoms with Gasteiger partial charge in [0.15, 0.2) is 0 Å². The minimum atomic E-state index is -3.31. The van der Waals surface area contributed by atoms with E-state index in [-0.39, 0.29) is 5.38 Å². The van der Waals surface area contributed by atoms with Gasteiger partial charge in [-0.1, -0.05) is 6.92 Å². The summed E-state index contributed by atoms with van der Waals surface area (Å²) >= 11 is 7.20. The van der Waals surface area contributed by atoms with E-state index >= 15 is 0 Å². The standard InChI is InChI=1S/C11H16ClNO2S2/c1-2-10-3-4-11(16-10)17(14,15)13-7-8-5-9(12)6-8/h3-4,8-9,13H,2,5-7H2,1H3. The lowest BCUT2D eigenvalue weighted by Gasteiger charge is -2.30. The van der Waals surface area contributed by atoms with E-state index in [2.05, 4.69) is 4.72 Å². The third-order valence-corrected chi connectivity index (χ3v) is 6.49. The molecule has 0 aliphatic heterocycles. The Kier molecular flexibility index (Phi) is 4.13. The molecule has 0 saturated heterocycles. The molecule has 3 nitrogen and oxygen atoms in total. The first-order chi connectivity index (χ1) is 8.01. The second-order valence-corrected chi connectivity index (χ2v) is 8.14. The first-order valence-corrected chi connectivity index (χ1v) is 8.47. The molecule has 0 atom stereocenters. The fraction of sp³-hybridized carbons (Fsp3) is 0.636. The van der Waals surface area contributed by atoms with Crippen LogP contribution >= 0.6 is 22.9 Å². The molecule has 1 aliphatic rings. The maximum atomic E-state index is 12.0. The molecule has 1 aromatic rings. The van der Waals surface area contributed by atoms with Gasteiger partial charge in [-0.3, -0.25) is 0 Å². The zero-order chi connectivity index (χ0) is 12.5. The lowest BCUT2D eigenvalue weighted by molar-refractivity contribution is 0.324.